The number of aromatic nitrogens is 3. The van der Waals surface area contributed by atoms with Crippen molar-refractivity contribution >= 4 is 33.2 Å². The summed E-state index contributed by atoms with van der Waals surface area (Å²) >= 11 is 6.18. The monoisotopic (exact) mass is 506 g/mol. The molecule has 1 amide bonds. The van der Waals surface area contributed by atoms with Crippen LogP contribution in [0.5, 0.6) is 5.88 Å². The molecule has 12 heteroatoms. The number of sulfonamides is 1. The highest BCUT2D eigenvalue weighted by molar-refractivity contribution is 7.94. The molecule has 4 rings (SSSR count). The predicted octanol–water partition coefficient (Wildman–Crippen LogP) is 3.04. The van der Waals surface area contributed by atoms with E-state index in [0.29, 0.717) is 23.7 Å². The van der Waals surface area contributed by atoms with Gasteiger partial charge in [0.25, 0.3) is 15.9 Å². The molecule has 0 radical (unpaired) electrons. The lowest BCUT2D eigenvalue weighted by molar-refractivity contribution is 0.0981. The largest absolute Gasteiger partial charge is 0.477 e. The van der Waals surface area contributed by atoms with Gasteiger partial charge in [-0.25, -0.2) is 22.8 Å². The first-order chi connectivity index (χ1) is 16.1. The Morgan fingerprint density at radius 1 is 1.35 bits per heavy atom. The maximum absolute atomic E-state index is 12.5. The summed E-state index contributed by atoms with van der Waals surface area (Å²) in [5.41, 5.74) is 0.268. The standard InChI is InChI=1S/C22H27ClN6O4S/c1-14(24)17(13-25-2)34(31,32)28-21(30)16-3-4-18(26-20(16)23)29-11-6-19(27-29)33-12-7-15-5-8-22(15)9-10-22/h3-4,6,11,13,15,24-25H,5,7-10,12H2,1-2H3,(H,28,30)/b17-13+,24-14?. The number of pyridine rings is 1. The van der Waals surface area contributed by atoms with Crippen LogP contribution in [0.3, 0.4) is 0 Å². The number of rotatable bonds is 10. The van der Waals surface area contributed by atoms with E-state index in [-0.39, 0.29) is 21.3 Å². The SMILES string of the molecule is CN/C=C(\C(C)=N)S(=O)(=O)NC(=O)c1ccc(-n2ccc(OCCC3CCC34CC4)n2)nc1Cl. The molecule has 1 atom stereocenters. The van der Waals surface area contributed by atoms with E-state index in [1.54, 1.807) is 12.3 Å². The second-order valence-corrected chi connectivity index (χ2v) is 10.7. The van der Waals surface area contributed by atoms with Crippen molar-refractivity contribution in [3.8, 4) is 11.7 Å². The highest BCUT2D eigenvalue weighted by Crippen LogP contribution is 2.65. The van der Waals surface area contributed by atoms with Gasteiger partial charge in [-0.05, 0) is 62.5 Å². The van der Waals surface area contributed by atoms with Crippen LogP contribution in [0.25, 0.3) is 5.82 Å². The summed E-state index contributed by atoms with van der Waals surface area (Å²) in [5.74, 6) is 0.633. The number of allylic oxidation sites excluding steroid dienone is 1. The summed E-state index contributed by atoms with van der Waals surface area (Å²) in [7, 11) is -2.78. The van der Waals surface area contributed by atoms with Gasteiger partial charge >= 0.3 is 0 Å². The van der Waals surface area contributed by atoms with Gasteiger partial charge in [-0.3, -0.25) is 4.79 Å². The van der Waals surface area contributed by atoms with Gasteiger partial charge in [-0.1, -0.05) is 11.6 Å². The maximum atomic E-state index is 12.5. The van der Waals surface area contributed by atoms with E-state index in [1.165, 1.54) is 56.5 Å². The van der Waals surface area contributed by atoms with Gasteiger partial charge in [-0.2, -0.15) is 0 Å². The zero-order chi connectivity index (χ0) is 24.5. The summed E-state index contributed by atoms with van der Waals surface area (Å²) in [6, 6.07) is 4.59. The van der Waals surface area contributed by atoms with E-state index in [2.05, 4.69) is 15.4 Å². The van der Waals surface area contributed by atoms with Crippen LogP contribution in [0.2, 0.25) is 5.15 Å². The van der Waals surface area contributed by atoms with Crippen molar-refractivity contribution in [2.24, 2.45) is 11.3 Å². The molecule has 2 fully saturated rings. The van der Waals surface area contributed by atoms with Gasteiger partial charge in [0.1, 0.15) is 10.1 Å². The molecule has 0 saturated heterocycles. The molecule has 182 valence electrons. The van der Waals surface area contributed by atoms with E-state index in [1.807, 2.05) is 4.72 Å². The summed E-state index contributed by atoms with van der Waals surface area (Å²) in [6.07, 6.45) is 9.18. The quantitative estimate of drug-likeness (QED) is 0.332. The van der Waals surface area contributed by atoms with Crippen molar-refractivity contribution in [3.63, 3.8) is 0 Å². The third-order valence-corrected chi connectivity index (χ3v) is 8.25. The molecule has 10 nitrogen and oxygen atoms in total. The summed E-state index contributed by atoms with van der Waals surface area (Å²) in [5, 5.41) is 14.3. The highest BCUT2D eigenvalue weighted by Gasteiger charge is 2.54. The smallest absolute Gasteiger partial charge is 0.268 e. The van der Waals surface area contributed by atoms with E-state index < -0.39 is 15.9 Å². The summed E-state index contributed by atoms with van der Waals surface area (Å²) in [6.45, 7) is 1.92. The van der Waals surface area contributed by atoms with Crippen molar-refractivity contribution < 1.29 is 17.9 Å². The molecule has 0 bridgehead atoms. The maximum Gasteiger partial charge on any atom is 0.268 e. The molecule has 34 heavy (non-hydrogen) atoms. The molecule has 1 spiro atoms. The fourth-order valence-corrected chi connectivity index (χ4v) is 5.69. The van der Waals surface area contributed by atoms with E-state index in [0.717, 1.165) is 18.5 Å². The van der Waals surface area contributed by atoms with Crippen molar-refractivity contribution in [2.45, 2.75) is 39.0 Å². The molecular formula is C22H27ClN6O4S. The molecule has 2 saturated carbocycles. The summed E-state index contributed by atoms with van der Waals surface area (Å²) < 4.78 is 34.1. The lowest BCUT2D eigenvalue weighted by atomic mass is 9.69. The number of carbonyl (C=O) groups is 1. The molecule has 2 aromatic heterocycles. The lowest BCUT2D eigenvalue weighted by Gasteiger charge is -2.37. The molecule has 1 unspecified atom stereocenters. The second kappa shape index (κ2) is 9.38. The van der Waals surface area contributed by atoms with E-state index in [9.17, 15) is 13.2 Å². The lowest BCUT2D eigenvalue weighted by Crippen LogP contribution is -2.34. The van der Waals surface area contributed by atoms with E-state index >= 15 is 0 Å². The van der Waals surface area contributed by atoms with Crippen LogP contribution in [0, 0.1) is 16.7 Å². The Bertz CT molecular complexity index is 1250. The van der Waals surface area contributed by atoms with Gasteiger partial charge in [0.05, 0.1) is 17.9 Å². The Morgan fingerprint density at radius 3 is 2.71 bits per heavy atom. The van der Waals surface area contributed by atoms with Crippen molar-refractivity contribution in [1.29, 1.82) is 5.41 Å². The van der Waals surface area contributed by atoms with Crippen LogP contribution < -0.4 is 14.8 Å². The fraction of sp³-hybridized carbons (Fsp3) is 0.455. The normalized spacial score (nSPS) is 18.8. The summed E-state index contributed by atoms with van der Waals surface area (Å²) in [4.78, 5) is 16.3. The van der Waals surface area contributed by atoms with Gasteiger partial charge in [0.15, 0.2) is 5.82 Å². The number of nitrogens with zero attached hydrogens (tertiary/aromatic N) is 3. The molecule has 2 aromatic rings. The van der Waals surface area contributed by atoms with Crippen molar-refractivity contribution in [1.82, 2.24) is 24.8 Å². The minimum Gasteiger partial charge on any atom is -0.477 e. The number of ether oxygens (including phenoxy) is 1. The predicted molar refractivity (Wildman–Crippen MR) is 128 cm³/mol. The molecule has 2 aliphatic rings. The van der Waals surface area contributed by atoms with Crippen LogP contribution in [0.1, 0.15) is 49.4 Å². The highest BCUT2D eigenvalue weighted by atomic mass is 35.5. The number of amides is 1. The van der Waals surface area contributed by atoms with Crippen LogP contribution in [0.4, 0.5) is 0 Å². The molecule has 0 aliphatic heterocycles. The van der Waals surface area contributed by atoms with Crippen LogP contribution in [0.15, 0.2) is 35.5 Å². The topological polar surface area (TPSA) is 139 Å². The van der Waals surface area contributed by atoms with Gasteiger partial charge < -0.3 is 15.5 Å². The Labute approximate surface area is 203 Å². The molecular weight excluding hydrogens is 480 g/mol. The number of nitrogens with one attached hydrogen (secondary N) is 3. The molecule has 3 N–H and O–H groups in total. The number of halogens is 1. The van der Waals surface area contributed by atoms with Gasteiger partial charge in [-0.15, -0.1) is 5.10 Å². The third-order valence-electron chi connectivity index (χ3n) is 6.50. The Kier molecular flexibility index (Phi) is 6.68. The number of carbonyl (C=O) groups excluding carboxylic acids is 1. The van der Waals surface area contributed by atoms with E-state index in [4.69, 9.17) is 21.7 Å². The first-order valence-corrected chi connectivity index (χ1v) is 12.9. The zero-order valence-corrected chi connectivity index (χ0v) is 20.5. The first-order valence-electron chi connectivity index (χ1n) is 11.0. The zero-order valence-electron chi connectivity index (χ0n) is 19.0. The van der Waals surface area contributed by atoms with Gasteiger partial charge in [0, 0.05) is 25.5 Å². The number of hydrogen-bond acceptors (Lipinski definition) is 8. The second-order valence-electron chi connectivity index (χ2n) is 8.70. The minimum absolute atomic E-state index is 0.126. The Morgan fingerprint density at radius 2 is 2.12 bits per heavy atom. The van der Waals surface area contributed by atoms with Crippen LogP contribution in [-0.2, 0) is 10.0 Å². The number of hydrogen-bond donors (Lipinski definition) is 3. The molecule has 0 aromatic carbocycles. The molecule has 2 aliphatic carbocycles. The first kappa shape index (κ1) is 24.2. The average molecular weight is 507 g/mol. The van der Waals surface area contributed by atoms with Crippen molar-refractivity contribution in [3.05, 3.63) is 46.2 Å². The minimum atomic E-state index is -4.27. The van der Waals surface area contributed by atoms with Crippen molar-refractivity contribution in [2.75, 3.05) is 13.7 Å². The van der Waals surface area contributed by atoms with Gasteiger partial charge in [0.2, 0.25) is 5.88 Å². The average Bonchev–Trinajstić information content (AvgIpc) is 3.48. The van der Waals surface area contributed by atoms with Crippen LogP contribution >= 0.6 is 11.6 Å². The Balaban J connectivity index is 1.39. The van der Waals surface area contributed by atoms with Crippen LogP contribution in [-0.4, -0.2) is 48.5 Å². The fourth-order valence-electron chi connectivity index (χ4n) is 4.32. The third kappa shape index (κ3) is 4.95. The molecule has 2 heterocycles. The Hall–Kier alpha value is -2.92.